The van der Waals surface area contributed by atoms with E-state index in [1.54, 1.807) is 0 Å². The highest BCUT2D eigenvalue weighted by Crippen LogP contribution is 2.36. The second kappa shape index (κ2) is 8.68. The highest BCUT2D eigenvalue weighted by atomic mass is 32.2. The van der Waals surface area contributed by atoms with Gasteiger partial charge in [-0.25, -0.2) is 0 Å². The van der Waals surface area contributed by atoms with Crippen LogP contribution >= 0.6 is 11.8 Å². The summed E-state index contributed by atoms with van der Waals surface area (Å²) in [7, 11) is 0. The molecule has 6 heteroatoms. The van der Waals surface area contributed by atoms with Gasteiger partial charge in [0.2, 0.25) is 5.91 Å². The Morgan fingerprint density at radius 2 is 1.93 bits per heavy atom. The van der Waals surface area contributed by atoms with Crippen LogP contribution in [0.2, 0.25) is 0 Å². The van der Waals surface area contributed by atoms with Crippen LogP contribution in [-0.2, 0) is 11.3 Å². The van der Waals surface area contributed by atoms with E-state index in [1.165, 1.54) is 49.4 Å². The average molecular weight is 399 g/mol. The number of aryl methyl sites for hydroxylation is 1. The quantitative estimate of drug-likeness (QED) is 0.700. The average Bonchev–Trinajstić information content (AvgIpc) is 3.14. The molecular formula is C22H30N4OS. The lowest BCUT2D eigenvalue weighted by Crippen LogP contribution is -2.45. The number of likely N-dealkylation sites (tertiary alicyclic amines) is 1. The summed E-state index contributed by atoms with van der Waals surface area (Å²) >= 11 is 1.52. The highest BCUT2D eigenvalue weighted by molar-refractivity contribution is 7.99. The summed E-state index contributed by atoms with van der Waals surface area (Å²) in [5, 5.41) is 9.66. The number of benzene rings is 1. The second-order valence-electron chi connectivity index (χ2n) is 8.09. The van der Waals surface area contributed by atoms with Gasteiger partial charge in [-0.3, -0.25) is 4.79 Å². The molecule has 0 bridgehead atoms. The van der Waals surface area contributed by atoms with Gasteiger partial charge in [0.05, 0.1) is 5.75 Å². The Hall–Kier alpha value is -1.82. The summed E-state index contributed by atoms with van der Waals surface area (Å²) in [4.78, 5) is 14.9. The Morgan fingerprint density at radius 1 is 1.14 bits per heavy atom. The minimum Gasteiger partial charge on any atom is -0.342 e. The van der Waals surface area contributed by atoms with Gasteiger partial charge in [0, 0.05) is 25.2 Å². The van der Waals surface area contributed by atoms with Crippen molar-refractivity contribution in [3.05, 3.63) is 29.8 Å². The molecule has 2 atom stereocenters. The van der Waals surface area contributed by atoms with E-state index in [0.717, 1.165) is 48.0 Å². The van der Waals surface area contributed by atoms with Crippen LogP contribution in [0, 0.1) is 18.8 Å². The maximum Gasteiger partial charge on any atom is 0.233 e. The van der Waals surface area contributed by atoms with E-state index in [0.29, 0.717) is 5.75 Å². The van der Waals surface area contributed by atoms with Crippen LogP contribution in [0.5, 0.6) is 0 Å². The van der Waals surface area contributed by atoms with Crippen LogP contribution < -0.4 is 0 Å². The first-order chi connectivity index (χ1) is 13.7. The van der Waals surface area contributed by atoms with Crippen molar-refractivity contribution in [1.82, 2.24) is 19.7 Å². The van der Waals surface area contributed by atoms with Gasteiger partial charge in [-0.05, 0) is 44.1 Å². The van der Waals surface area contributed by atoms with Crippen molar-refractivity contribution in [1.29, 1.82) is 0 Å². The van der Waals surface area contributed by atoms with E-state index in [4.69, 9.17) is 0 Å². The van der Waals surface area contributed by atoms with Crippen LogP contribution in [0.1, 0.15) is 44.6 Å². The lowest BCUT2D eigenvalue weighted by molar-refractivity contribution is -0.131. The topological polar surface area (TPSA) is 51.0 Å². The van der Waals surface area contributed by atoms with Gasteiger partial charge in [0.25, 0.3) is 0 Å². The number of fused-ring (bicyclic) bond motifs is 1. The minimum atomic E-state index is 0.247. The Labute approximate surface area is 171 Å². The first-order valence-corrected chi connectivity index (χ1v) is 11.6. The number of piperidine rings is 1. The van der Waals surface area contributed by atoms with Gasteiger partial charge in [-0.2, -0.15) is 0 Å². The van der Waals surface area contributed by atoms with Crippen LogP contribution in [0.3, 0.4) is 0 Å². The van der Waals surface area contributed by atoms with E-state index < -0.39 is 0 Å². The van der Waals surface area contributed by atoms with Crippen LogP contribution in [0.15, 0.2) is 29.4 Å². The number of amides is 1. The third-order valence-corrected chi connectivity index (χ3v) is 7.34. The SMILES string of the molecule is CCn1c(SCC(=O)N2CC[C@@H]3CCCC[C@H]3C2)nnc1-c1ccccc1C. The summed E-state index contributed by atoms with van der Waals surface area (Å²) in [6, 6.07) is 8.24. The summed E-state index contributed by atoms with van der Waals surface area (Å²) in [6.45, 7) is 6.87. The molecule has 0 N–H and O–H groups in total. The van der Waals surface area contributed by atoms with Crippen molar-refractivity contribution >= 4 is 17.7 Å². The zero-order valence-corrected chi connectivity index (χ0v) is 17.7. The molecule has 0 spiro atoms. The van der Waals surface area contributed by atoms with Gasteiger partial charge < -0.3 is 9.47 Å². The minimum absolute atomic E-state index is 0.247. The van der Waals surface area contributed by atoms with Crippen molar-refractivity contribution in [2.24, 2.45) is 11.8 Å². The van der Waals surface area contributed by atoms with Gasteiger partial charge in [-0.1, -0.05) is 55.3 Å². The zero-order valence-electron chi connectivity index (χ0n) is 16.9. The smallest absolute Gasteiger partial charge is 0.233 e. The number of hydrogen-bond acceptors (Lipinski definition) is 4. The molecule has 0 unspecified atom stereocenters. The third-order valence-electron chi connectivity index (χ3n) is 6.39. The number of carbonyl (C=O) groups is 1. The molecular weight excluding hydrogens is 368 g/mol. The predicted molar refractivity (Wildman–Crippen MR) is 113 cm³/mol. The number of rotatable bonds is 5. The lowest BCUT2D eigenvalue weighted by Gasteiger charge is -2.41. The molecule has 1 amide bonds. The summed E-state index contributed by atoms with van der Waals surface area (Å²) in [5.74, 6) is 3.16. The normalized spacial score (nSPS) is 22.1. The number of thioether (sulfide) groups is 1. The molecule has 1 aliphatic carbocycles. The molecule has 150 valence electrons. The van der Waals surface area contributed by atoms with Crippen molar-refractivity contribution in [3.63, 3.8) is 0 Å². The van der Waals surface area contributed by atoms with Crippen LogP contribution in [0.4, 0.5) is 0 Å². The highest BCUT2D eigenvalue weighted by Gasteiger charge is 2.32. The summed E-state index contributed by atoms with van der Waals surface area (Å²) in [5.41, 5.74) is 2.29. The Balaban J connectivity index is 1.41. The van der Waals surface area contributed by atoms with E-state index in [9.17, 15) is 4.79 Å². The second-order valence-corrected chi connectivity index (χ2v) is 9.03. The van der Waals surface area contributed by atoms with Crippen molar-refractivity contribution in [2.75, 3.05) is 18.8 Å². The van der Waals surface area contributed by atoms with Gasteiger partial charge in [0.15, 0.2) is 11.0 Å². The standard InChI is InChI=1S/C22H30N4OS/c1-3-26-21(19-11-7-4-8-16(19)2)23-24-22(26)28-15-20(27)25-13-12-17-9-5-6-10-18(17)14-25/h4,7-8,11,17-18H,3,5-6,9-10,12-15H2,1-2H3/t17-,18-/m0/s1. The van der Waals surface area contributed by atoms with Crippen LogP contribution in [0.25, 0.3) is 11.4 Å². The lowest BCUT2D eigenvalue weighted by atomic mass is 9.75. The Bertz CT molecular complexity index is 834. The fourth-order valence-electron chi connectivity index (χ4n) is 4.75. The third kappa shape index (κ3) is 3.97. The molecule has 1 aromatic carbocycles. The van der Waals surface area contributed by atoms with Gasteiger partial charge >= 0.3 is 0 Å². The predicted octanol–water partition coefficient (Wildman–Crippen LogP) is 4.40. The molecule has 2 aromatic rings. The zero-order chi connectivity index (χ0) is 19.5. The molecule has 4 rings (SSSR count). The fourth-order valence-corrected chi connectivity index (χ4v) is 5.65. The van der Waals surface area contributed by atoms with E-state index in [1.807, 2.05) is 12.1 Å². The summed E-state index contributed by atoms with van der Waals surface area (Å²) < 4.78 is 2.12. The van der Waals surface area contributed by atoms with E-state index in [2.05, 4.69) is 45.6 Å². The van der Waals surface area contributed by atoms with Crippen molar-refractivity contribution in [2.45, 2.75) is 57.7 Å². The van der Waals surface area contributed by atoms with Gasteiger partial charge in [0.1, 0.15) is 0 Å². The van der Waals surface area contributed by atoms with Crippen molar-refractivity contribution < 1.29 is 4.79 Å². The van der Waals surface area contributed by atoms with Gasteiger partial charge in [-0.15, -0.1) is 10.2 Å². The van der Waals surface area contributed by atoms with E-state index >= 15 is 0 Å². The first-order valence-electron chi connectivity index (χ1n) is 10.6. The maximum absolute atomic E-state index is 12.8. The fraction of sp³-hybridized carbons (Fsp3) is 0.591. The molecule has 1 aromatic heterocycles. The molecule has 1 aliphatic heterocycles. The molecule has 2 heterocycles. The molecule has 28 heavy (non-hydrogen) atoms. The van der Waals surface area contributed by atoms with E-state index in [-0.39, 0.29) is 5.91 Å². The largest absolute Gasteiger partial charge is 0.342 e. The number of hydrogen-bond donors (Lipinski definition) is 0. The Kier molecular flexibility index (Phi) is 6.04. The molecule has 2 aliphatic rings. The van der Waals surface area contributed by atoms with Crippen molar-refractivity contribution in [3.8, 4) is 11.4 Å². The maximum atomic E-state index is 12.8. The molecule has 5 nitrogen and oxygen atoms in total. The number of aromatic nitrogens is 3. The van der Waals surface area contributed by atoms with Crippen LogP contribution in [-0.4, -0.2) is 44.4 Å². The molecule has 2 fully saturated rings. The number of nitrogens with zero attached hydrogens (tertiary/aromatic N) is 4. The monoisotopic (exact) mass is 398 g/mol. The number of carbonyl (C=O) groups excluding carboxylic acids is 1. The molecule has 0 radical (unpaired) electrons. The summed E-state index contributed by atoms with van der Waals surface area (Å²) in [6.07, 6.45) is 6.55. The molecule has 1 saturated carbocycles. The Morgan fingerprint density at radius 3 is 2.71 bits per heavy atom. The first kappa shape index (κ1) is 19.5. The molecule has 1 saturated heterocycles.